The number of fused-ring (bicyclic) bond motifs is 1. The summed E-state index contributed by atoms with van der Waals surface area (Å²) in [6.45, 7) is 0. The van der Waals surface area contributed by atoms with Crippen LogP contribution in [0.15, 0.2) is 35.4 Å². The van der Waals surface area contributed by atoms with Crippen LogP contribution in [0.25, 0.3) is 10.8 Å². The normalized spacial score (nSPS) is 10.1. The number of carbonyl (C=O) groups excluding carboxylic acids is 1. The lowest BCUT2D eigenvalue weighted by Gasteiger charge is -2.12. The van der Waals surface area contributed by atoms with Crippen LogP contribution in [0.2, 0.25) is 0 Å². The van der Waals surface area contributed by atoms with Crippen molar-refractivity contribution in [3.05, 3.63) is 41.5 Å². The highest BCUT2D eigenvalue weighted by Crippen LogP contribution is 2.31. The predicted octanol–water partition coefficient (Wildman–Crippen LogP) is 2.80. The van der Waals surface area contributed by atoms with Gasteiger partial charge in [-0.1, -0.05) is 29.4 Å². The smallest absolute Gasteiger partial charge is 0.363 e. The summed E-state index contributed by atoms with van der Waals surface area (Å²) in [7, 11) is 0. The van der Waals surface area contributed by atoms with Crippen LogP contribution in [0.1, 0.15) is 20.7 Å². The minimum atomic E-state index is -1.40. The Morgan fingerprint density at radius 2 is 1.57 bits per heavy atom. The molecule has 0 aromatic heterocycles. The Balaban J connectivity index is 2.86. The molecule has 4 N–H and O–H groups in total. The zero-order chi connectivity index (χ0) is 15.6. The van der Waals surface area contributed by atoms with Gasteiger partial charge in [-0.25, -0.2) is 14.4 Å². The maximum atomic E-state index is 11.3. The molecule has 0 aliphatic carbocycles. The van der Waals surface area contributed by atoms with Crippen molar-refractivity contribution < 1.29 is 24.6 Å². The van der Waals surface area contributed by atoms with E-state index in [9.17, 15) is 24.6 Å². The van der Waals surface area contributed by atoms with Crippen LogP contribution < -0.4 is 5.32 Å². The van der Waals surface area contributed by atoms with Gasteiger partial charge in [0.2, 0.25) is 0 Å². The summed E-state index contributed by atoms with van der Waals surface area (Å²) < 4.78 is 0. The highest BCUT2D eigenvalue weighted by Gasteiger charge is 2.21. The van der Waals surface area contributed by atoms with Crippen LogP contribution in [0, 0.1) is 5.53 Å². The minimum Gasteiger partial charge on any atom is -0.478 e. The van der Waals surface area contributed by atoms with E-state index < -0.39 is 18.0 Å². The highest BCUT2D eigenvalue weighted by atomic mass is 16.4. The number of nitrogens with zero attached hydrogens (tertiary/aromatic N) is 1. The van der Waals surface area contributed by atoms with Gasteiger partial charge in [0, 0.05) is 5.39 Å². The largest absolute Gasteiger partial charge is 0.478 e. The lowest BCUT2D eigenvalue weighted by molar-refractivity contribution is 0.0697. The predicted molar refractivity (Wildman–Crippen MR) is 72.0 cm³/mol. The maximum Gasteiger partial charge on any atom is 0.363 e. The number of anilines is 1. The number of hydrogen-bond donors (Lipinski definition) is 4. The fourth-order valence-electron chi connectivity index (χ4n) is 1.99. The van der Waals surface area contributed by atoms with Crippen molar-refractivity contribution >= 4 is 34.4 Å². The average Bonchev–Trinajstić information content (AvgIpc) is 2.46. The molecule has 2 amide bonds. The Hall–Kier alpha value is -3.29. The molecule has 2 aromatic rings. The van der Waals surface area contributed by atoms with E-state index >= 15 is 0 Å². The minimum absolute atomic E-state index is 0.0934. The molecule has 2 rings (SSSR count). The first-order valence-corrected chi connectivity index (χ1v) is 5.66. The molecule has 0 spiro atoms. The van der Waals surface area contributed by atoms with Gasteiger partial charge >= 0.3 is 18.0 Å². The first-order chi connectivity index (χ1) is 9.95. The zero-order valence-electron chi connectivity index (χ0n) is 10.5. The van der Waals surface area contributed by atoms with Gasteiger partial charge in [0.1, 0.15) is 0 Å². The lowest BCUT2D eigenvalue weighted by atomic mass is 9.98. The Morgan fingerprint density at radius 1 is 1.00 bits per heavy atom. The Kier molecular flexibility index (Phi) is 3.61. The molecule has 0 unspecified atom stereocenters. The van der Waals surface area contributed by atoms with Crippen LogP contribution in [0.5, 0.6) is 0 Å². The fourth-order valence-corrected chi connectivity index (χ4v) is 1.99. The van der Waals surface area contributed by atoms with E-state index in [1.807, 2.05) is 0 Å². The third kappa shape index (κ3) is 2.54. The van der Waals surface area contributed by atoms with Crippen molar-refractivity contribution in [2.24, 2.45) is 5.11 Å². The number of carboxylic acid groups (broad SMARTS) is 2. The number of carbonyl (C=O) groups is 3. The lowest BCUT2D eigenvalue weighted by Crippen LogP contribution is -2.13. The van der Waals surface area contributed by atoms with Crippen molar-refractivity contribution in [2.45, 2.75) is 0 Å². The number of nitrogens with one attached hydrogen (secondary N) is 2. The van der Waals surface area contributed by atoms with E-state index in [2.05, 4.69) is 10.4 Å². The summed E-state index contributed by atoms with van der Waals surface area (Å²) in [6, 6.07) is 6.06. The highest BCUT2D eigenvalue weighted by molar-refractivity contribution is 6.16. The Morgan fingerprint density at radius 3 is 2.10 bits per heavy atom. The summed E-state index contributed by atoms with van der Waals surface area (Å²) in [6.07, 6.45) is 0. The molecule has 21 heavy (non-hydrogen) atoms. The van der Waals surface area contributed by atoms with Crippen LogP contribution in [-0.2, 0) is 0 Å². The van der Waals surface area contributed by atoms with Crippen molar-refractivity contribution in [1.29, 1.82) is 5.53 Å². The second-order valence-electron chi connectivity index (χ2n) is 4.04. The first kappa shape index (κ1) is 14.1. The van der Waals surface area contributed by atoms with Crippen LogP contribution in [0.4, 0.5) is 10.5 Å². The molecule has 0 saturated heterocycles. The summed E-state index contributed by atoms with van der Waals surface area (Å²) in [4.78, 5) is 33.8. The van der Waals surface area contributed by atoms with Crippen molar-refractivity contribution in [2.75, 3.05) is 5.32 Å². The third-order valence-corrected chi connectivity index (χ3v) is 2.84. The first-order valence-electron chi connectivity index (χ1n) is 5.66. The molecule has 0 radical (unpaired) electrons. The molecule has 0 bridgehead atoms. The standard InChI is InChI=1S/C13H9N3O5/c14-16-13(21)15-10-7-4-2-1-3-6(7)8(11(17)18)5-9(10)12(19)20/h1-5,14H,(H,15,21)(H,17,18)(H,19,20). The van der Waals surface area contributed by atoms with Crippen LogP contribution >= 0.6 is 0 Å². The SMILES string of the molecule is N=NC(=O)Nc1c(C(=O)O)cc(C(=O)O)c2ccccc12. The third-order valence-electron chi connectivity index (χ3n) is 2.84. The number of urea groups is 1. The molecule has 2 aromatic carbocycles. The topological polar surface area (TPSA) is 140 Å². The average molecular weight is 287 g/mol. The Bertz CT molecular complexity index is 785. The molecule has 8 heteroatoms. The van der Waals surface area contributed by atoms with Gasteiger partial charge in [-0.2, -0.15) is 5.53 Å². The summed E-state index contributed by atoms with van der Waals surface area (Å²) in [5, 5.41) is 23.7. The summed E-state index contributed by atoms with van der Waals surface area (Å²) in [5.74, 6) is -2.68. The molecule has 8 nitrogen and oxygen atoms in total. The van der Waals surface area contributed by atoms with E-state index in [-0.39, 0.29) is 27.6 Å². The van der Waals surface area contributed by atoms with Gasteiger partial charge in [0.05, 0.1) is 16.8 Å². The number of amides is 2. The second kappa shape index (κ2) is 5.37. The van der Waals surface area contributed by atoms with E-state index in [1.165, 1.54) is 12.1 Å². The van der Waals surface area contributed by atoms with E-state index in [1.54, 1.807) is 12.1 Å². The molecule has 0 atom stereocenters. The number of rotatable bonds is 3. The second-order valence-corrected chi connectivity index (χ2v) is 4.04. The molecular weight excluding hydrogens is 278 g/mol. The van der Waals surface area contributed by atoms with Gasteiger partial charge in [0.25, 0.3) is 0 Å². The van der Waals surface area contributed by atoms with Gasteiger partial charge in [-0.3, -0.25) is 0 Å². The zero-order valence-corrected chi connectivity index (χ0v) is 10.5. The van der Waals surface area contributed by atoms with Crippen molar-refractivity contribution in [3.63, 3.8) is 0 Å². The van der Waals surface area contributed by atoms with E-state index in [4.69, 9.17) is 5.53 Å². The molecule has 106 valence electrons. The molecule has 0 aliphatic rings. The van der Waals surface area contributed by atoms with Crippen LogP contribution in [0.3, 0.4) is 0 Å². The summed E-state index contributed by atoms with van der Waals surface area (Å²) >= 11 is 0. The molecule has 0 saturated carbocycles. The van der Waals surface area contributed by atoms with Crippen molar-refractivity contribution in [1.82, 2.24) is 0 Å². The number of carboxylic acids is 2. The maximum absolute atomic E-state index is 11.3. The molecular formula is C13H9N3O5. The molecule has 0 heterocycles. The van der Waals surface area contributed by atoms with Gasteiger partial charge < -0.3 is 15.5 Å². The van der Waals surface area contributed by atoms with Gasteiger partial charge in [0.15, 0.2) is 0 Å². The number of aromatic carboxylic acids is 2. The fraction of sp³-hybridized carbons (Fsp3) is 0. The molecule has 0 aliphatic heterocycles. The molecule has 0 fully saturated rings. The monoisotopic (exact) mass is 287 g/mol. The van der Waals surface area contributed by atoms with E-state index in [0.717, 1.165) is 6.07 Å². The van der Waals surface area contributed by atoms with Gasteiger partial charge in [-0.15, -0.1) is 0 Å². The van der Waals surface area contributed by atoms with Crippen LogP contribution in [-0.4, -0.2) is 28.2 Å². The van der Waals surface area contributed by atoms with Crippen molar-refractivity contribution in [3.8, 4) is 0 Å². The Labute approximate surface area is 117 Å². The number of benzene rings is 2. The van der Waals surface area contributed by atoms with Gasteiger partial charge in [-0.05, 0) is 11.5 Å². The summed E-state index contributed by atoms with van der Waals surface area (Å²) in [5.41, 5.74) is 5.96. The number of hydrogen-bond acceptors (Lipinski definition) is 4. The van der Waals surface area contributed by atoms with E-state index in [0.29, 0.717) is 0 Å². The quantitative estimate of drug-likeness (QED) is 0.642.